The Labute approximate surface area is 242 Å². The lowest BCUT2D eigenvalue weighted by molar-refractivity contribution is 0.381. The summed E-state index contributed by atoms with van der Waals surface area (Å²) in [6.45, 7) is 8.52. The van der Waals surface area contributed by atoms with Gasteiger partial charge in [0, 0.05) is 0 Å². The van der Waals surface area contributed by atoms with Gasteiger partial charge in [0.2, 0.25) is 0 Å². The summed E-state index contributed by atoms with van der Waals surface area (Å²) < 4.78 is 65.9. The molecule has 40 heavy (non-hydrogen) atoms. The first-order chi connectivity index (χ1) is 18.7. The van der Waals surface area contributed by atoms with Crippen LogP contribution < -0.4 is 5.30 Å². The van der Waals surface area contributed by atoms with Gasteiger partial charge in [-0.2, -0.15) is 16.8 Å². The highest BCUT2D eigenvalue weighted by atomic mass is 32.3. The Kier molecular flexibility index (Phi) is 11.8. The van der Waals surface area contributed by atoms with E-state index in [1.807, 2.05) is 0 Å². The third kappa shape index (κ3) is 9.07. The maximum Gasteiger partial charge on any atom is 0.394 e. The highest BCUT2D eigenvalue weighted by Crippen LogP contribution is 2.56. The summed E-state index contributed by atoms with van der Waals surface area (Å²) in [6.07, 6.45) is 13.6. The van der Waals surface area contributed by atoms with Crippen LogP contribution >= 0.6 is 7.92 Å². The Morgan fingerprint density at radius 2 is 1.10 bits per heavy atom. The minimum Gasteiger partial charge on any atom is -0.282 e. The number of benzene rings is 2. The van der Waals surface area contributed by atoms with E-state index in [1.165, 1.54) is 80.6 Å². The van der Waals surface area contributed by atoms with Gasteiger partial charge in [0.1, 0.15) is 0 Å². The summed E-state index contributed by atoms with van der Waals surface area (Å²) in [7, 11) is -9.23. The van der Waals surface area contributed by atoms with E-state index in [9.17, 15) is 13.0 Å². The molecule has 0 aromatic heterocycles. The van der Waals surface area contributed by atoms with Crippen molar-refractivity contribution >= 4 is 33.7 Å². The normalized spacial score (nSPS) is 17.8. The predicted molar refractivity (Wildman–Crippen MR) is 164 cm³/mol. The minimum atomic E-state index is -4.67. The second kappa shape index (κ2) is 14.2. The first-order valence-electron chi connectivity index (χ1n) is 14.4. The lowest BCUT2D eigenvalue weighted by Crippen LogP contribution is -2.27. The van der Waals surface area contributed by atoms with E-state index < -0.39 is 20.5 Å². The van der Waals surface area contributed by atoms with Gasteiger partial charge in [0.25, 0.3) is 10.1 Å². The first-order valence-corrected chi connectivity index (χ1v) is 18.7. The van der Waals surface area contributed by atoms with Crippen molar-refractivity contribution in [1.29, 1.82) is 0 Å². The molecule has 2 aromatic carbocycles. The Morgan fingerprint density at radius 3 is 1.48 bits per heavy atom. The van der Waals surface area contributed by atoms with Crippen LogP contribution in [0.25, 0.3) is 11.1 Å². The number of hydrogen-bond donors (Lipinski definition) is 3. The van der Waals surface area contributed by atoms with Gasteiger partial charge in [-0.25, -0.2) is 0 Å². The summed E-state index contributed by atoms with van der Waals surface area (Å²) in [5.41, 5.74) is 6.16. The van der Waals surface area contributed by atoms with Crippen LogP contribution in [0.2, 0.25) is 0 Å². The molecule has 0 bridgehead atoms. The molecular formula is C30H45O7PS2. The molecule has 0 atom stereocenters. The topological polar surface area (TPSA) is 129 Å². The summed E-state index contributed by atoms with van der Waals surface area (Å²) in [6, 6.07) is 12.5. The third-order valence-electron chi connectivity index (χ3n) is 8.10. The van der Waals surface area contributed by atoms with Crippen LogP contribution in [0.15, 0.2) is 41.3 Å². The zero-order valence-electron chi connectivity index (χ0n) is 24.1. The van der Waals surface area contributed by atoms with Gasteiger partial charge in [0.05, 0.1) is 4.90 Å². The Morgan fingerprint density at radius 1 is 0.700 bits per heavy atom. The molecule has 3 N–H and O–H groups in total. The summed E-state index contributed by atoms with van der Waals surface area (Å²) in [4.78, 5) is 0.0213. The second-order valence-electron chi connectivity index (χ2n) is 11.7. The average molecular weight is 613 g/mol. The van der Waals surface area contributed by atoms with Crippen LogP contribution in [0.5, 0.6) is 0 Å². The molecule has 4 rings (SSSR count). The molecule has 2 aromatic rings. The van der Waals surface area contributed by atoms with E-state index >= 15 is 0 Å². The van der Waals surface area contributed by atoms with Gasteiger partial charge in [-0.1, -0.05) is 98.4 Å². The molecule has 0 saturated heterocycles. The van der Waals surface area contributed by atoms with Gasteiger partial charge in [-0.15, -0.1) is 0 Å². The van der Waals surface area contributed by atoms with Gasteiger partial charge in [0.15, 0.2) is 0 Å². The van der Waals surface area contributed by atoms with E-state index in [1.54, 1.807) is 12.1 Å². The zero-order chi connectivity index (χ0) is 29.7. The van der Waals surface area contributed by atoms with Crippen LogP contribution in [0.1, 0.15) is 115 Å². The van der Waals surface area contributed by atoms with E-state index in [0.29, 0.717) is 0 Å². The van der Waals surface area contributed by atoms with Crippen molar-refractivity contribution in [3.8, 4) is 11.1 Å². The highest BCUT2D eigenvalue weighted by Gasteiger charge is 2.34. The lowest BCUT2D eigenvalue weighted by Gasteiger charge is -2.40. The summed E-state index contributed by atoms with van der Waals surface area (Å²) in [5, 5.41) is 1.53. The molecule has 0 radical (unpaired) electrons. The molecule has 0 aliphatic heterocycles. The Balaban J connectivity index is 0.000000810. The molecule has 2 saturated carbocycles. The van der Waals surface area contributed by atoms with E-state index in [2.05, 4.69) is 52.0 Å². The SMILES string of the molecule is CC(C)c1cc(S(=O)(=O)O)cc(C(C)C)c1-c1ccccc1P(C1CCCCC1)C1CCCCC1.O=S(=O)(O)O. The van der Waals surface area contributed by atoms with Crippen molar-refractivity contribution in [3.05, 3.63) is 47.5 Å². The van der Waals surface area contributed by atoms with Crippen LogP contribution in [-0.4, -0.2) is 41.8 Å². The fraction of sp³-hybridized carbons (Fsp3) is 0.600. The van der Waals surface area contributed by atoms with Crippen LogP contribution in [0, 0.1) is 0 Å². The monoisotopic (exact) mass is 612 g/mol. The molecule has 2 fully saturated rings. The smallest absolute Gasteiger partial charge is 0.282 e. The summed E-state index contributed by atoms with van der Waals surface area (Å²) in [5.74, 6) is 0.292. The molecule has 2 aliphatic carbocycles. The van der Waals surface area contributed by atoms with Crippen molar-refractivity contribution in [1.82, 2.24) is 0 Å². The maximum absolute atomic E-state index is 12.2. The van der Waals surface area contributed by atoms with Crippen molar-refractivity contribution in [2.24, 2.45) is 0 Å². The standard InChI is InChI=1S/C30H43O3PS.H2O4S/c1-21(2)27-19-25(35(31,32)33)20-28(22(3)4)30(27)26-17-11-12-18-29(26)34(23-13-7-5-8-14-23)24-15-9-6-10-16-24;1-5(2,3)4/h11-12,17-24H,5-10,13-16H2,1-4H3,(H,31,32,33);(H2,1,2,3,4). The van der Waals surface area contributed by atoms with Gasteiger partial charge >= 0.3 is 10.4 Å². The molecule has 224 valence electrons. The quantitative estimate of drug-likeness (QED) is 0.214. The third-order valence-corrected chi connectivity index (χ3v) is 12.5. The predicted octanol–water partition coefficient (Wildman–Crippen LogP) is 7.97. The maximum atomic E-state index is 12.2. The fourth-order valence-corrected chi connectivity index (χ4v) is 10.9. The lowest BCUT2D eigenvalue weighted by atomic mass is 9.85. The van der Waals surface area contributed by atoms with Crippen molar-refractivity contribution in [3.63, 3.8) is 0 Å². The highest BCUT2D eigenvalue weighted by molar-refractivity contribution is 7.85. The minimum absolute atomic E-state index is 0.0213. The molecule has 10 heteroatoms. The first kappa shape index (κ1) is 33.2. The van der Waals surface area contributed by atoms with Gasteiger partial charge in [-0.05, 0) is 88.5 Å². The van der Waals surface area contributed by atoms with E-state index in [-0.39, 0.29) is 24.7 Å². The molecule has 0 unspecified atom stereocenters. The van der Waals surface area contributed by atoms with Crippen LogP contribution in [-0.2, 0) is 20.5 Å². The van der Waals surface area contributed by atoms with E-state index in [4.69, 9.17) is 17.5 Å². The van der Waals surface area contributed by atoms with Crippen LogP contribution in [0.3, 0.4) is 0 Å². The van der Waals surface area contributed by atoms with Crippen molar-refractivity contribution < 1.29 is 30.5 Å². The molecule has 0 heterocycles. The molecule has 0 spiro atoms. The number of hydrogen-bond acceptors (Lipinski definition) is 4. The van der Waals surface area contributed by atoms with Gasteiger partial charge in [-0.3, -0.25) is 13.7 Å². The van der Waals surface area contributed by atoms with Crippen LogP contribution in [0.4, 0.5) is 0 Å². The molecule has 0 amide bonds. The number of rotatable bonds is 7. The molecule has 7 nitrogen and oxygen atoms in total. The zero-order valence-corrected chi connectivity index (χ0v) is 26.6. The van der Waals surface area contributed by atoms with Crippen molar-refractivity contribution in [2.75, 3.05) is 0 Å². The largest absolute Gasteiger partial charge is 0.394 e. The van der Waals surface area contributed by atoms with E-state index in [0.717, 1.165) is 22.4 Å². The average Bonchev–Trinajstić information content (AvgIpc) is 2.88. The molecule has 2 aliphatic rings. The summed E-state index contributed by atoms with van der Waals surface area (Å²) >= 11 is 0. The van der Waals surface area contributed by atoms with Gasteiger partial charge < -0.3 is 0 Å². The fourth-order valence-electron chi connectivity index (χ4n) is 6.35. The Bertz CT molecular complexity index is 1290. The molecular weight excluding hydrogens is 567 g/mol. The van der Waals surface area contributed by atoms with Crippen molar-refractivity contribution in [2.45, 2.75) is 120 Å². The second-order valence-corrected chi connectivity index (χ2v) is 16.8. The Hall–Kier alpha value is -1.35.